The third kappa shape index (κ3) is 4.37. The fourth-order valence-electron chi connectivity index (χ4n) is 2.14. The van der Waals surface area contributed by atoms with Crippen LogP contribution in [0.15, 0.2) is 60.0 Å². The summed E-state index contributed by atoms with van der Waals surface area (Å²) in [6.07, 6.45) is 2.88. The van der Waals surface area contributed by atoms with Gasteiger partial charge in [-0.3, -0.25) is 20.2 Å². The van der Waals surface area contributed by atoms with Gasteiger partial charge in [0.25, 0.3) is 5.69 Å². The van der Waals surface area contributed by atoms with Crippen LogP contribution in [0.1, 0.15) is 5.56 Å². The number of aromatic nitrogens is 1. The van der Waals surface area contributed by atoms with Crippen molar-refractivity contribution in [2.45, 2.75) is 0 Å². The van der Waals surface area contributed by atoms with E-state index in [1.165, 1.54) is 41.7 Å². The Labute approximate surface area is 151 Å². The zero-order valence-corrected chi connectivity index (χ0v) is 14.1. The summed E-state index contributed by atoms with van der Waals surface area (Å²) >= 11 is 1.21. The monoisotopic (exact) mass is 369 g/mol. The minimum absolute atomic E-state index is 0.0247. The second-order valence-electron chi connectivity index (χ2n) is 5.22. The van der Waals surface area contributed by atoms with Crippen molar-refractivity contribution in [3.05, 3.63) is 81.5 Å². The van der Waals surface area contributed by atoms with Gasteiger partial charge < -0.3 is 0 Å². The van der Waals surface area contributed by atoms with Crippen LogP contribution in [-0.2, 0) is 4.79 Å². The van der Waals surface area contributed by atoms with Crippen LogP contribution >= 0.6 is 11.3 Å². The number of carbonyl (C=O) groups excluding carboxylic acids is 1. The fraction of sp³-hybridized carbons (Fsp3) is 0. The number of anilines is 1. The summed E-state index contributed by atoms with van der Waals surface area (Å²) in [6.45, 7) is 0. The highest BCUT2D eigenvalue weighted by Gasteiger charge is 2.10. The van der Waals surface area contributed by atoms with Gasteiger partial charge in [0.2, 0.25) is 5.91 Å². The van der Waals surface area contributed by atoms with E-state index in [4.69, 9.17) is 0 Å². The number of nitrogens with one attached hydrogen (secondary N) is 1. The predicted molar refractivity (Wildman–Crippen MR) is 98.3 cm³/mol. The van der Waals surface area contributed by atoms with Crippen molar-refractivity contribution in [3.63, 3.8) is 0 Å². The van der Waals surface area contributed by atoms with E-state index in [1.54, 1.807) is 35.7 Å². The summed E-state index contributed by atoms with van der Waals surface area (Å²) in [5.74, 6) is -0.725. The number of non-ortho nitro benzene ring substituents is 1. The Morgan fingerprint density at radius 3 is 2.73 bits per heavy atom. The molecule has 130 valence electrons. The van der Waals surface area contributed by atoms with Crippen LogP contribution in [0.25, 0.3) is 17.3 Å². The SMILES string of the molecule is O=C(C=Cc1ccc(F)cc1)Nc1nc(-c2cccc([N+](=O)[O-])c2)cs1. The lowest BCUT2D eigenvalue weighted by Gasteiger charge is -1.98. The van der Waals surface area contributed by atoms with E-state index < -0.39 is 4.92 Å². The van der Waals surface area contributed by atoms with Gasteiger partial charge >= 0.3 is 0 Å². The first-order valence-electron chi connectivity index (χ1n) is 7.46. The van der Waals surface area contributed by atoms with Crippen LogP contribution < -0.4 is 5.32 Å². The molecule has 0 aliphatic heterocycles. The van der Waals surface area contributed by atoms with Gasteiger partial charge in [0.15, 0.2) is 5.13 Å². The Bertz CT molecular complexity index is 983. The van der Waals surface area contributed by atoms with Gasteiger partial charge in [0, 0.05) is 29.2 Å². The molecule has 26 heavy (non-hydrogen) atoms. The summed E-state index contributed by atoms with van der Waals surface area (Å²) in [5.41, 5.74) is 1.80. The lowest BCUT2D eigenvalue weighted by molar-refractivity contribution is -0.384. The maximum atomic E-state index is 12.8. The van der Waals surface area contributed by atoms with Crippen molar-refractivity contribution >= 4 is 34.1 Å². The number of nitrogens with zero attached hydrogens (tertiary/aromatic N) is 2. The van der Waals surface area contributed by atoms with Crippen LogP contribution in [0.3, 0.4) is 0 Å². The summed E-state index contributed by atoms with van der Waals surface area (Å²) in [5, 5.41) is 15.6. The Balaban J connectivity index is 1.68. The molecule has 0 aliphatic carbocycles. The number of nitro benzene ring substituents is 1. The van der Waals surface area contributed by atoms with Crippen molar-refractivity contribution in [1.82, 2.24) is 4.98 Å². The summed E-state index contributed by atoms with van der Waals surface area (Å²) in [6, 6.07) is 11.9. The predicted octanol–water partition coefficient (Wildman–Crippen LogP) is 4.51. The summed E-state index contributed by atoms with van der Waals surface area (Å²) in [7, 11) is 0. The first-order valence-corrected chi connectivity index (χ1v) is 8.34. The average molecular weight is 369 g/mol. The van der Waals surface area contributed by atoms with Gasteiger partial charge in [0.1, 0.15) is 5.82 Å². The normalized spacial score (nSPS) is 10.8. The molecule has 0 atom stereocenters. The second-order valence-corrected chi connectivity index (χ2v) is 6.08. The van der Waals surface area contributed by atoms with Crippen molar-refractivity contribution in [2.75, 3.05) is 5.32 Å². The molecule has 3 aromatic rings. The van der Waals surface area contributed by atoms with Gasteiger partial charge in [-0.15, -0.1) is 11.3 Å². The largest absolute Gasteiger partial charge is 0.298 e. The molecular weight excluding hydrogens is 357 g/mol. The molecule has 0 bridgehead atoms. The number of halogens is 1. The van der Waals surface area contributed by atoms with Gasteiger partial charge in [-0.05, 0) is 23.8 Å². The smallest absolute Gasteiger partial charge is 0.270 e. The van der Waals surface area contributed by atoms with Crippen LogP contribution in [-0.4, -0.2) is 15.8 Å². The molecule has 1 N–H and O–H groups in total. The second kappa shape index (κ2) is 7.66. The first kappa shape index (κ1) is 17.4. The molecule has 0 saturated heterocycles. The van der Waals surface area contributed by atoms with Crippen molar-refractivity contribution in [2.24, 2.45) is 0 Å². The van der Waals surface area contributed by atoms with Crippen LogP contribution in [0.4, 0.5) is 15.2 Å². The Kier molecular flexibility index (Phi) is 5.14. The highest BCUT2D eigenvalue weighted by molar-refractivity contribution is 7.14. The van der Waals surface area contributed by atoms with Gasteiger partial charge in [-0.1, -0.05) is 24.3 Å². The quantitative estimate of drug-likeness (QED) is 0.407. The number of hydrogen-bond donors (Lipinski definition) is 1. The molecule has 0 spiro atoms. The van der Waals surface area contributed by atoms with Crippen LogP contribution in [0, 0.1) is 15.9 Å². The molecule has 8 heteroatoms. The van der Waals surface area contributed by atoms with E-state index in [1.807, 2.05) is 0 Å². The first-order chi connectivity index (χ1) is 12.5. The standard InChI is InChI=1S/C18H12FN3O3S/c19-14-7-4-12(5-8-14)6-9-17(23)21-18-20-16(11-26-18)13-2-1-3-15(10-13)22(24)25/h1-11H,(H,20,21,23). The van der Waals surface area contributed by atoms with Crippen LogP contribution in [0.2, 0.25) is 0 Å². The number of carbonyl (C=O) groups is 1. The number of rotatable bonds is 5. The summed E-state index contributed by atoms with van der Waals surface area (Å²) < 4.78 is 12.8. The molecule has 0 unspecified atom stereocenters. The number of hydrogen-bond acceptors (Lipinski definition) is 5. The Hall–Kier alpha value is -3.39. The molecule has 0 radical (unpaired) electrons. The number of thiazole rings is 1. The van der Waals surface area contributed by atoms with E-state index in [-0.39, 0.29) is 17.4 Å². The third-order valence-corrected chi connectivity index (χ3v) is 4.14. The minimum atomic E-state index is -0.473. The van der Waals surface area contributed by atoms with Crippen molar-refractivity contribution in [1.29, 1.82) is 0 Å². The van der Waals surface area contributed by atoms with Crippen LogP contribution in [0.5, 0.6) is 0 Å². The lowest BCUT2D eigenvalue weighted by Crippen LogP contribution is -2.07. The Morgan fingerprint density at radius 1 is 1.23 bits per heavy atom. The van der Waals surface area contributed by atoms with E-state index in [0.29, 0.717) is 22.0 Å². The number of amides is 1. The molecule has 0 saturated carbocycles. The molecule has 1 amide bonds. The highest BCUT2D eigenvalue weighted by Crippen LogP contribution is 2.27. The fourth-order valence-corrected chi connectivity index (χ4v) is 2.86. The van der Waals surface area contributed by atoms with E-state index >= 15 is 0 Å². The molecule has 1 aromatic heterocycles. The molecule has 3 rings (SSSR count). The molecular formula is C18H12FN3O3S. The molecule has 0 aliphatic rings. The third-order valence-electron chi connectivity index (χ3n) is 3.38. The van der Waals surface area contributed by atoms with E-state index in [9.17, 15) is 19.3 Å². The zero-order chi connectivity index (χ0) is 18.5. The highest BCUT2D eigenvalue weighted by atomic mass is 32.1. The van der Waals surface area contributed by atoms with Gasteiger partial charge in [-0.2, -0.15) is 0 Å². The van der Waals surface area contributed by atoms with Gasteiger partial charge in [0.05, 0.1) is 10.6 Å². The molecule has 6 nitrogen and oxygen atoms in total. The minimum Gasteiger partial charge on any atom is -0.298 e. The topological polar surface area (TPSA) is 85.1 Å². The van der Waals surface area contributed by atoms with E-state index in [2.05, 4.69) is 10.3 Å². The molecule has 1 heterocycles. The maximum absolute atomic E-state index is 12.8. The lowest BCUT2D eigenvalue weighted by atomic mass is 10.1. The van der Waals surface area contributed by atoms with Crippen molar-refractivity contribution in [3.8, 4) is 11.3 Å². The van der Waals surface area contributed by atoms with Gasteiger partial charge in [-0.25, -0.2) is 9.37 Å². The number of nitro groups is 1. The molecule has 0 fully saturated rings. The Morgan fingerprint density at radius 2 is 2.00 bits per heavy atom. The molecule has 2 aromatic carbocycles. The average Bonchev–Trinajstić information content (AvgIpc) is 3.10. The van der Waals surface area contributed by atoms with E-state index in [0.717, 1.165) is 0 Å². The maximum Gasteiger partial charge on any atom is 0.270 e. The summed E-state index contributed by atoms with van der Waals surface area (Å²) in [4.78, 5) is 26.6. The zero-order valence-electron chi connectivity index (χ0n) is 13.3. The van der Waals surface area contributed by atoms with Crippen molar-refractivity contribution < 1.29 is 14.1 Å². The number of benzene rings is 2.